The largest absolute Gasteiger partial charge is 0.322 e. The van der Waals surface area contributed by atoms with Gasteiger partial charge in [0.05, 0.1) is 5.52 Å². The minimum Gasteiger partial charge on any atom is -0.322 e. The molecule has 13 heavy (non-hydrogen) atoms. The van der Waals surface area contributed by atoms with Crippen molar-refractivity contribution in [3.05, 3.63) is 39.9 Å². The van der Waals surface area contributed by atoms with Gasteiger partial charge in [-0.15, -0.1) is 0 Å². The highest BCUT2D eigenvalue weighted by Gasteiger charge is 1.99. The molecule has 0 fully saturated rings. The lowest BCUT2D eigenvalue weighted by Crippen LogP contribution is -2.05. The fourth-order valence-electron chi connectivity index (χ4n) is 1.42. The monoisotopic (exact) mass is 174 g/mol. The lowest BCUT2D eigenvalue weighted by atomic mass is 10.1. The molecule has 0 aromatic carbocycles. The van der Waals surface area contributed by atoms with Gasteiger partial charge >= 0.3 is 0 Å². The quantitative estimate of drug-likeness (QED) is 0.658. The zero-order valence-electron chi connectivity index (χ0n) is 7.59. The predicted molar refractivity (Wildman–Crippen MR) is 51.8 cm³/mol. The zero-order valence-corrected chi connectivity index (χ0v) is 7.59. The molecule has 2 aromatic heterocycles. The third-order valence-electron chi connectivity index (χ3n) is 2.07. The Balaban J connectivity index is 2.94. The van der Waals surface area contributed by atoms with Gasteiger partial charge in [0.25, 0.3) is 0 Å². The van der Waals surface area contributed by atoms with Gasteiger partial charge in [-0.2, -0.15) is 0 Å². The third kappa shape index (κ3) is 1.33. The summed E-state index contributed by atoms with van der Waals surface area (Å²) in [7, 11) is 0. The Bertz CT molecular complexity index is 514. The van der Waals surface area contributed by atoms with Crippen molar-refractivity contribution < 1.29 is 0 Å². The standard InChI is InChI=1S/C10H10N2O/c1-6-3-10(13)12-9-4-7(2)11-5-8(6)9/h3-5H,1-2H3,(H,12,13). The van der Waals surface area contributed by atoms with E-state index in [0.717, 1.165) is 22.2 Å². The summed E-state index contributed by atoms with van der Waals surface area (Å²) in [6.07, 6.45) is 1.79. The molecule has 0 amide bonds. The number of nitrogens with one attached hydrogen (secondary N) is 1. The maximum atomic E-state index is 11.1. The lowest BCUT2D eigenvalue weighted by molar-refractivity contribution is 1.19. The number of aromatic nitrogens is 2. The molecule has 0 unspecified atom stereocenters. The van der Waals surface area contributed by atoms with Gasteiger partial charge in [-0.05, 0) is 25.5 Å². The summed E-state index contributed by atoms with van der Waals surface area (Å²) in [5, 5.41) is 1.00. The average Bonchev–Trinajstić information content (AvgIpc) is 2.02. The van der Waals surface area contributed by atoms with Crippen LogP contribution in [0.3, 0.4) is 0 Å². The number of aryl methyl sites for hydroxylation is 2. The molecule has 0 bridgehead atoms. The Morgan fingerprint density at radius 3 is 2.85 bits per heavy atom. The number of fused-ring (bicyclic) bond motifs is 1. The molecule has 2 rings (SSSR count). The van der Waals surface area contributed by atoms with E-state index in [9.17, 15) is 4.79 Å². The van der Waals surface area contributed by atoms with E-state index in [4.69, 9.17) is 0 Å². The molecule has 0 atom stereocenters. The van der Waals surface area contributed by atoms with Crippen LogP contribution in [0, 0.1) is 13.8 Å². The van der Waals surface area contributed by atoms with E-state index in [-0.39, 0.29) is 5.56 Å². The van der Waals surface area contributed by atoms with Crippen LogP contribution in [0.15, 0.2) is 23.1 Å². The summed E-state index contributed by atoms with van der Waals surface area (Å²) < 4.78 is 0. The highest BCUT2D eigenvalue weighted by molar-refractivity contribution is 5.80. The number of aromatic amines is 1. The summed E-state index contributed by atoms with van der Waals surface area (Å²) in [6.45, 7) is 3.81. The van der Waals surface area contributed by atoms with Gasteiger partial charge in [-0.1, -0.05) is 0 Å². The van der Waals surface area contributed by atoms with Gasteiger partial charge in [0.15, 0.2) is 0 Å². The number of nitrogens with zero attached hydrogens (tertiary/aromatic N) is 1. The van der Waals surface area contributed by atoms with Gasteiger partial charge in [0, 0.05) is 23.3 Å². The maximum Gasteiger partial charge on any atom is 0.248 e. The van der Waals surface area contributed by atoms with Gasteiger partial charge in [0.2, 0.25) is 5.56 Å². The molecule has 2 heterocycles. The van der Waals surface area contributed by atoms with Crippen LogP contribution in [-0.4, -0.2) is 9.97 Å². The van der Waals surface area contributed by atoms with Crippen molar-refractivity contribution in [2.75, 3.05) is 0 Å². The maximum absolute atomic E-state index is 11.1. The van der Waals surface area contributed by atoms with E-state index in [0.29, 0.717) is 0 Å². The third-order valence-corrected chi connectivity index (χ3v) is 2.07. The highest BCUT2D eigenvalue weighted by Crippen LogP contribution is 2.12. The molecule has 0 aliphatic heterocycles. The van der Waals surface area contributed by atoms with Gasteiger partial charge in [-0.3, -0.25) is 9.78 Å². The first kappa shape index (κ1) is 7.98. The Labute approximate surface area is 75.4 Å². The molecule has 0 aliphatic carbocycles. The molecule has 3 heteroatoms. The summed E-state index contributed by atoms with van der Waals surface area (Å²) in [5.41, 5.74) is 2.67. The van der Waals surface area contributed by atoms with E-state index < -0.39 is 0 Å². The molecule has 1 N–H and O–H groups in total. The van der Waals surface area contributed by atoms with Crippen LogP contribution in [0.2, 0.25) is 0 Å². The highest BCUT2D eigenvalue weighted by atomic mass is 16.1. The van der Waals surface area contributed by atoms with Gasteiger partial charge < -0.3 is 4.98 Å². The van der Waals surface area contributed by atoms with Crippen molar-refractivity contribution >= 4 is 10.9 Å². The summed E-state index contributed by atoms with van der Waals surface area (Å²) in [5.74, 6) is 0. The van der Waals surface area contributed by atoms with Crippen LogP contribution in [0.25, 0.3) is 10.9 Å². The fourth-order valence-corrected chi connectivity index (χ4v) is 1.42. The second-order valence-electron chi connectivity index (χ2n) is 3.19. The molecule has 0 spiro atoms. The summed E-state index contributed by atoms with van der Waals surface area (Å²) >= 11 is 0. The van der Waals surface area contributed by atoms with Crippen molar-refractivity contribution in [3.63, 3.8) is 0 Å². The second-order valence-corrected chi connectivity index (χ2v) is 3.19. The van der Waals surface area contributed by atoms with Crippen molar-refractivity contribution in [2.45, 2.75) is 13.8 Å². The summed E-state index contributed by atoms with van der Waals surface area (Å²) in [6, 6.07) is 3.46. The second kappa shape index (κ2) is 2.69. The topological polar surface area (TPSA) is 45.8 Å². The lowest BCUT2D eigenvalue weighted by Gasteiger charge is -2.00. The molecule has 2 aromatic rings. The molecule has 0 aliphatic rings. The first-order valence-corrected chi connectivity index (χ1v) is 4.13. The van der Waals surface area contributed by atoms with Crippen molar-refractivity contribution in [2.24, 2.45) is 0 Å². The average molecular weight is 174 g/mol. The Morgan fingerprint density at radius 1 is 1.31 bits per heavy atom. The molecule has 0 saturated heterocycles. The number of hydrogen-bond donors (Lipinski definition) is 1. The van der Waals surface area contributed by atoms with Crippen LogP contribution in [0.1, 0.15) is 11.3 Å². The van der Waals surface area contributed by atoms with Crippen LogP contribution in [-0.2, 0) is 0 Å². The Hall–Kier alpha value is -1.64. The first-order valence-electron chi connectivity index (χ1n) is 4.13. The van der Waals surface area contributed by atoms with Crippen LogP contribution < -0.4 is 5.56 Å². The van der Waals surface area contributed by atoms with Crippen LogP contribution >= 0.6 is 0 Å². The fraction of sp³-hybridized carbons (Fsp3) is 0.200. The molecule has 3 nitrogen and oxygen atoms in total. The Kier molecular flexibility index (Phi) is 1.65. The zero-order chi connectivity index (χ0) is 9.42. The van der Waals surface area contributed by atoms with E-state index in [1.807, 2.05) is 19.9 Å². The smallest absolute Gasteiger partial charge is 0.248 e. The van der Waals surface area contributed by atoms with Gasteiger partial charge in [0.1, 0.15) is 0 Å². The van der Waals surface area contributed by atoms with Crippen molar-refractivity contribution in [1.29, 1.82) is 0 Å². The SMILES string of the molecule is Cc1cc2[nH]c(=O)cc(C)c2cn1. The normalized spacial score (nSPS) is 10.6. The number of H-pyrrole nitrogens is 1. The van der Waals surface area contributed by atoms with E-state index in [1.165, 1.54) is 0 Å². The van der Waals surface area contributed by atoms with E-state index >= 15 is 0 Å². The summed E-state index contributed by atoms with van der Waals surface area (Å²) in [4.78, 5) is 18.1. The van der Waals surface area contributed by atoms with Gasteiger partial charge in [-0.25, -0.2) is 0 Å². The molecular weight excluding hydrogens is 164 g/mol. The molecule has 0 radical (unpaired) electrons. The first-order chi connectivity index (χ1) is 6.16. The van der Waals surface area contributed by atoms with Crippen LogP contribution in [0.5, 0.6) is 0 Å². The van der Waals surface area contributed by atoms with Crippen molar-refractivity contribution in [1.82, 2.24) is 9.97 Å². The van der Waals surface area contributed by atoms with Crippen LogP contribution in [0.4, 0.5) is 0 Å². The van der Waals surface area contributed by atoms with E-state index in [2.05, 4.69) is 9.97 Å². The minimum atomic E-state index is -0.0596. The number of hydrogen-bond acceptors (Lipinski definition) is 2. The Morgan fingerprint density at radius 2 is 2.08 bits per heavy atom. The molecule has 0 saturated carbocycles. The molecule has 66 valence electrons. The van der Waals surface area contributed by atoms with E-state index in [1.54, 1.807) is 12.3 Å². The number of rotatable bonds is 0. The number of pyridine rings is 2. The predicted octanol–water partition coefficient (Wildman–Crippen LogP) is 1.54. The van der Waals surface area contributed by atoms with Crippen molar-refractivity contribution in [3.8, 4) is 0 Å². The minimum absolute atomic E-state index is 0.0596. The molecular formula is C10H10N2O.